The molecule has 1 rings (SSSR count). The SMILES string of the molecule is CC(=O)NC1CCN(C(=O)NCC(=O)O)C1. The first-order chi connectivity index (χ1) is 7.49. The lowest BCUT2D eigenvalue weighted by Crippen LogP contribution is -2.43. The number of nitrogens with zero attached hydrogens (tertiary/aromatic N) is 1. The van der Waals surface area contributed by atoms with Crippen molar-refractivity contribution in [3.05, 3.63) is 0 Å². The Balaban J connectivity index is 2.32. The second kappa shape index (κ2) is 5.34. The molecular formula is C9H15N3O4. The molecule has 0 aromatic rings. The van der Waals surface area contributed by atoms with Crippen LogP contribution in [0.1, 0.15) is 13.3 Å². The van der Waals surface area contributed by atoms with Crippen molar-refractivity contribution in [1.29, 1.82) is 0 Å². The average Bonchev–Trinajstić information content (AvgIpc) is 2.61. The van der Waals surface area contributed by atoms with Crippen molar-refractivity contribution in [3.8, 4) is 0 Å². The molecule has 16 heavy (non-hydrogen) atoms. The molecule has 1 heterocycles. The van der Waals surface area contributed by atoms with Crippen molar-refractivity contribution in [1.82, 2.24) is 15.5 Å². The van der Waals surface area contributed by atoms with E-state index in [2.05, 4.69) is 10.6 Å². The average molecular weight is 229 g/mol. The van der Waals surface area contributed by atoms with Crippen LogP contribution in [0.2, 0.25) is 0 Å². The van der Waals surface area contributed by atoms with Gasteiger partial charge in [0.1, 0.15) is 6.54 Å². The van der Waals surface area contributed by atoms with E-state index in [9.17, 15) is 14.4 Å². The number of carbonyl (C=O) groups excluding carboxylic acids is 2. The summed E-state index contributed by atoms with van der Waals surface area (Å²) in [4.78, 5) is 33.9. The molecule has 1 aliphatic heterocycles. The van der Waals surface area contributed by atoms with E-state index < -0.39 is 12.0 Å². The van der Waals surface area contributed by atoms with Crippen molar-refractivity contribution >= 4 is 17.9 Å². The summed E-state index contributed by atoms with van der Waals surface area (Å²) < 4.78 is 0. The third-order valence-corrected chi connectivity index (χ3v) is 2.27. The number of hydrogen-bond acceptors (Lipinski definition) is 3. The van der Waals surface area contributed by atoms with Crippen LogP contribution in [0.25, 0.3) is 0 Å². The molecule has 1 aliphatic rings. The van der Waals surface area contributed by atoms with E-state index in [-0.39, 0.29) is 18.5 Å². The fraction of sp³-hybridized carbons (Fsp3) is 0.667. The van der Waals surface area contributed by atoms with Crippen LogP contribution in [0.4, 0.5) is 4.79 Å². The van der Waals surface area contributed by atoms with Crippen molar-refractivity contribution in [2.45, 2.75) is 19.4 Å². The molecule has 0 aliphatic carbocycles. The lowest BCUT2D eigenvalue weighted by atomic mass is 10.3. The number of amides is 3. The topological polar surface area (TPSA) is 98.7 Å². The molecule has 3 N–H and O–H groups in total. The molecule has 0 aromatic carbocycles. The number of likely N-dealkylation sites (tertiary alicyclic amines) is 1. The van der Waals surface area contributed by atoms with Crippen LogP contribution in [-0.2, 0) is 9.59 Å². The minimum atomic E-state index is -1.08. The number of carbonyl (C=O) groups is 3. The molecule has 3 amide bonds. The van der Waals surface area contributed by atoms with E-state index in [4.69, 9.17) is 5.11 Å². The summed E-state index contributed by atoms with van der Waals surface area (Å²) in [6.45, 7) is 1.98. The van der Waals surface area contributed by atoms with Crippen LogP contribution < -0.4 is 10.6 Å². The first-order valence-electron chi connectivity index (χ1n) is 5.00. The Bertz CT molecular complexity index is 305. The van der Waals surface area contributed by atoms with Crippen LogP contribution >= 0.6 is 0 Å². The maximum atomic E-state index is 11.4. The number of aliphatic carboxylic acids is 1. The van der Waals surface area contributed by atoms with Gasteiger partial charge in [-0.25, -0.2) is 4.79 Å². The van der Waals surface area contributed by atoms with Gasteiger partial charge < -0.3 is 20.6 Å². The zero-order valence-corrected chi connectivity index (χ0v) is 9.02. The predicted molar refractivity (Wildman–Crippen MR) is 54.8 cm³/mol. The molecule has 0 bridgehead atoms. The molecule has 90 valence electrons. The Labute approximate surface area is 92.8 Å². The number of rotatable bonds is 3. The maximum Gasteiger partial charge on any atom is 0.323 e. The van der Waals surface area contributed by atoms with Crippen molar-refractivity contribution in [3.63, 3.8) is 0 Å². The number of carboxylic acids is 1. The molecule has 0 spiro atoms. The summed E-state index contributed by atoms with van der Waals surface area (Å²) in [6, 6.07) is -0.441. The largest absolute Gasteiger partial charge is 0.480 e. The number of hydrogen-bond donors (Lipinski definition) is 3. The minimum Gasteiger partial charge on any atom is -0.480 e. The van der Waals surface area contributed by atoms with Gasteiger partial charge in [0, 0.05) is 26.1 Å². The minimum absolute atomic E-state index is 0.0342. The second-order valence-electron chi connectivity index (χ2n) is 3.68. The number of carboxylic acid groups (broad SMARTS) is 1. The highest BCUT2D eigenvalue weighted by molar-refractivity contribution is 5.80. The Morgan fingerprint density at radius 1 is 1.44 bits per heavy atom. The quantitative estimate of drug-likeness (QED) is 0.577. The van der Waals surface area contributed by atoms with Gasteiger partial charge in [-0.1, -0.05) is 0 Å². The molecule has 7 heteroatoms. The molecule has 0 radical (unpaired) electrons. The normalized spacial score (nSPS) is 19.3. The first-order valence-corrected chi connectivity index (χ1v) is 5.00. The summed E-state index contributed by atoms with van der Waals surface area (Å²) in [6.07, 6.45) is 0.695. The van der Waals surface area contributed by atoms with Crippen LogP contribution in [-0.4, -0.2) is 53.6 Å². The molecule has 1 atom stereocenters. The van der Waals surface area contributed by atoms with E-state index >= 15 is 0 Å². The maximum absolute atomic E-state index is 11.4. The molecule has 0 saturated carbocycles. The third-order valence-electron chi connectivity index (χ3n) is 2.27. The van der Waals surface area contributed by atoms with Crippen LogP contribution in [0.15, 0.2) is 0 Å². The van der Waals surface area contributed by atoms with Crippen LogP contribution in [0, 0.1) is 0 Å². The van der Waals surface area contributed by atoms with Gasteiger partial charge in [0.05, 0.1) is 0 Å². The predicted octanol–water partition coefficient (Wildman–Crippen LogP) is -1.01. The lowest BCUT2D eigenvalue weighted by molar-refractivity contribution is -0.135. The van der Waals surface area contributed by atoms with Crippen molar-refractivity contribution < 1.29 is 19.5 Å². The van der Waals surface area contributed by atoms with Crippen LogP contribution in [0.3, 0.4) is 0 Å². The van der Waals surface area contributed by atoms with Crippen molar-refractivity contribution in [2.75, 3.05) is 19.6 Å². The van der Waals surface area contributed by atoms with Crippen LogP contribution in [0.5, 0.6) is 0 Å². The Hall–Kier alpha value is -1.79. The monoisotopic (exact) mass is 229 g/mol. The number of urea groups is 1. The Kier molecular flexibility index (Phi) is 4.10. The highest BCUT2D eigenvalue weighted by Gasteiger charge is 2.26. The van der Waals surface area contributed by atoms with Gasteiger partial charge in [-0.15, -0.1) is 0 Å². The molecule has 0 aromatic heterocycles. The lowest BCUT2D eigenvalue weighted by Gasteiger charge is -2.16. The molecule has 7 nitrogen and oxygen atoms in total. The first kappa shape index (κ1) is 12.3. The van der Waals surface area contributed by atoms with E-state index in [0.717, 1.165) is 0 Å². The Morgan fingerprint density at radius 3 is 2.69 bits per heavy atom. The molecule has 1 fully saturated rings. The van der Waals surface area contributed by atoms with E-state index in [0.29, 0.717) is 19.5 Å². The second-order valence-corrected chi connectivity index (χ2v) is 3.68. The summed E-state index contributed by atoms with van der Waals surface area (Å²) in [5.74, 6) is -1.20. The standard InChI is InChI=1S/C9H15N3O4/c1-6(13)11-7-2-3-12(5-7)9(16)10-4-8(14)15/h7H,2-5H2,1H3,(H,10,16)(H,11,13)(H,14,15). The molecule has 1 saturated heterocycles. The molecule has 1 unspecified atom stereocenters. The van der Waals surface area contributed by atoms with Gasteiger partial charge in [0.2, 0.25) is 5.91 Å². The van der Waals surface area contributed by atoms with Gasteiger partial charge in [0.25, 0.3) is 0 Å². The van der Waals surface area contributed by atoms with Gasteiger partial charge >= 0.3 is 12.0 Å². The smallest absolute Gasteiger partial charge is 0.323 e. The summed E-state index contributed by atoms with van der Waals surface area (Å²) >= 11 is 0. The number of nitrogens with one attached hydrogen (secondary N) is 2. The summed E-state index contributed by atoms with van der Waals surface area (Å²) in [5.41, 5.74) is 0. The van der Waals surface area contributed by atoms with E-state index in [1.54, 1.807) is 0 Å². The molecular weight excluding hydrogens is 214 g/mol. The highest BCUT2D eigenvalue weighted by Crippen LogP contribution is 2.08. The third kappa shape index (κ3) is 3.76. The summed E-state index contributed by atoms with van der Waals surface area (Å²) in [7, 11) is 0. The fourth-order valence-electron chi connectivity index (χ4n) is 1.61. The van der Waals surface area contributed by atoms with E-state index in [1.165, 1.54) is 11.8 Å². The van der Waals surface area contributed by atoms with Crippen molar-refractivity contribution in [2.24, 2.45) is 0 Å². The Morgan fingerprint density at radius 2 is 2.12 bits per heavy atom. The summed E-state index contributed by atoms with van der Waals surface area (Å²) in [5, 5.41) is 13.4. The highest BCUT2D eigenvalue weighted by atomic mass is 16.4. The zero-order valence-electron chi connectivity index (χ0n) is 9.02. The van der Waals surface area contributed by atoms with Gasteiger partial charge in [-0.05, 0) is 6.42 Å². The fourth-order valence-corrected chi connectivity index (χ4v) is 1.61. The van der Waals surface area contributed by atoms with E-state index in [1.807, 2.05) is 0 Å². The van der Waals surface area contributed by atoms with Gasteiger partial charge in [-0.2, -0.15) is 0 Å². The van der Waals surface area contributed by atoms with Gasteiger partial charge in [-0.3, -0.25) is 9.59 Å². The van der Waals surface area contributed by atoms with Gasteiger partial charge in [0.15, 0.2) is 0 Å². The zero-order chi connectivity index (χ0) is 12.1.